The number of carbonyl (C=O) groups excluding carboxylic acids is 1. The third-order valence-corrected chi connectivity index (χ3v) is 13.0. The number of methoxy groups -OCH3 is 1. The van der Waals surface area contributed by atoms with Crippen LogP contribution in [-0.4, -0.2) is 129 Å². The Balaban J connectivity index is 1.37. The maximum atomic E-state index is 14.7. The number of phenols is 2. The smallest absolute Gasteiger partial charge is 0.305 e. The molecule has 0 aliphatic carbocycles. The average molecular weight is 999 g/mol. The number of hydrogen-bond donors (Lipinski definition) is 8. The van der Waals surface area contributed by atoms with E-state index in [2.05, 4.69) is 19.1 Å². The molecule has 71 heavy (non-hydrogen) atoms. The van der Waals surface area contributed by atoms with Crippen molar-refractivity contribution in [3.8, 4) is 23.0 Å². The van der Waals surface area contributed by atoms with Crippen molar-refractivity contribution in [1.29, 1.82) is 0 Å². The molecule has 2 saturated heterocycles. The van der Waals surface area contributed by atoms with Gasteiger partial charge in [-0.25, -0.2) is 0 Å². The average Bonchev–Trinajstić information content (AvgIpc) is 3.34. The lowest BCUT2D eigenvalue weighted by Gasteiger charge is -2.46. The summed E-state index contributed by atoms with van der Waals surface area (Å²) in [5.74, 6) is -1.51. The molecular formula is C54H78O17. The first-order valence-electron chi connectivity index (χ1n) is 25.3. The van der Waals surface area contributed by atoms with Crippen LogP contribution < -0.4 is 14.9 Å². The Morgan fingerprint density at radius 3 is 1.93 bits per heavy atom. The fourth-order valence-corrected chi connectivity index (χ4v) is 8.82. The predicted molar refractivity (Wildman–Crippen MR) is 266 cm³/mol. The Kier molecular flexibility index (Phi) is 22.6. The van der Waals surface area contributed by atoms with E-state index in [1.807, 2.05) is 33.8 Å². The van der Waals surface area contributed by atoms with E-state index in [1.54, 1.807) is 12.1 Å². The van der Waals surface area contributed by atoms with Crippen LogP contribution in [0.2, 0.25) is 0 Å². The summed E-state index contributed by atoms with van der Waals surface area (Å²) in [7, 11) is 1.38. The zero-order chi connectivity index (χ0) is 51.8. The summed E-state index contributed by atoms with van der Waals surface area (Å²) in [6, 6.07) is 2.71. The summed E-state index contributed by atoms with van der Waals surface area (Å²) in [5.41, 5.74) is 1.31. The molecule has 0 radical (unpaired) electrons. The molecule has 1 aromatic heterocycles. The van der Waals surface area contributed by atoms with Gasteiger partial charge in [0.25, 0.3) is 0 Å². The molecule has 0 spiro atoms. The summed E-state index contributed by atoms with van der Waals surface area (Å²) in [5, 5.41) is 87.5. The molecule has 0 unspecified atom stereocenters. The van der Waals surface area contributed by atoms with Crippen molar-refractivity contribution >= 4 is 27.9 Å². The van der Waals surface area contributed by atoms with Gasteiger partial charge in [0, 0.05) is 23.6 Å². The van der Waals surface area contributed by atoms with Crippen LogP contribution in [0.4, 0.5) is 0 Å². The number of unbranched alkanes of at least 4 members (excludes halogenated alkanes) is 11. The first kappa shape index (κ1) is 57.3. The molecule has 0 amide bonds. The van der Waals surface area contributed by atoms with Gasteiger partial charge in [-0.05, 0) is 78.7 Å². The minimum absolute atomic E-state index is 0.0195. The van der Waals surface area contributed by atoms with Crippen molar-refractivity contribution in [1.82, 2.24) is 0 Å². The predicted octanol–water partition coefficient (Wildman–Crippen LogP) is 6.97. The summed E-state index contributed by atoms with van der Waals surface area (Å²) < 4.78 is 41.3. The molecule has 2 aliphatic rings. The Bertz CT molecular complexity index is 2330. The largest absolute Gasteiger partial charge is 0.507 e. The fourth-order valence-electron chi connectivity index (χ4n) is 8.82. The summed E-state index contributed by atoms with van der Waals surface area (Å²) in [4.78, 5) is 27.8. The maximum Gasteiger partial charge on any atom is 0.305 e. The van der Waals surface area contributed by atoms with Gasteiger partial charge in [0.05, 0.1) is 19.1 Å². The highest BCUT2D eigenvalue weighted by molar-refractivity contribution is 6.00. The lowest BCUT2D eigenvalue weighted by atomic mass is 9.96. The van der Waals surface area contributed by atoms with E-state index in [0.717, 1.165) is 55.7 Å². The molecule has 2 aromatic carbocycles. The van der Waals surface area contributed by atoms with E-state index in [-0.39, 0.29) is 64.0 Å². The van der Waals surface area contributed by atoms with Crippen molar-refractivity contribution in [3.05, 3.63) is 68.9 Å². The zero-order valence-electron chi connectivity index (χ0n) is 42.2. The first-order valence-corrected chi connectivity index (χ1v) is 25.3. The van der Waals surface area contributed by atoms with Crippen molar-refractivity contribution in [2.75, 3.05) is 20.3 Å². The van der Waals surface area contributed by atoms with E-state index in [1.165, 1.54) is 45.6 Å². The number of aliphatic hydroxyl groups excluding tert-OH is 6. The molecule has 10 atom stereocenters. The summed E-state index contributed by atoms with van der Waals surface area (Å²) >= 11 is 0. The summed E-state index contributed by atoms with van der Waals surface area (Å²) in [6.07, 6.45) is 5.37. The van der Waals surface area contributed by atoms with E-state index in [0.29, 0.717) is 12.0 Å². The van der Waals surface area contributed by atoms with Crippen molar-refractivity contribution < 1.29 is 78.5 Å². The fraction of sp³-hybridized carbons (Fsp3) is 0.630. The van der Waals surface area contributed by atoms with Crippen molar-refractivity contribution in [2.24, 2.45) is 0 Å². The van der Waals surface area contributed by atoms with Crippen LogP contribution in [0.25, 0.3) is 21.9 Å². The molecule has 396 valence electrons. The van der Waals surface area contributed by atoms with Crippen molar-refractivity contribution in [3.63, 3.8) is 0 Å². The third kappa shape index (κ3) is 15.2. The van der Waals surface area contributed by atoms with Crippen LogP contribution in [0, 0.1) is 0 Å². The van der Waals surface area contributed by atoms with Crippen LogP contribution in [0.3, 0.4) is 0 Å². The Morgan fingerprint density at radius 1 is 0.690 bits per heavy atom. The number of benzene rings is 2. The molecule has 5 rings (SSSR count). The highest BCUT2D eigenvalue weighted by atomic mass is 16.7. The normalized spacial score (nSPS) is 24.6. The Morgan fingerprint density at radius 2 is 1.30 bits per heavy atom. The number of ether oxygens (including phenoxy) is 6. The first-order chi connectivity index (χ1) is 34.0. The van der Waals surface area contributed by atoms with Gasteiger partial charge in [-0.2, -0.15) is 0 Å². The molecule has 2 fully saturated rings. The van der Waals surface area contributed by atoms with Gasteiger partial charge in [0.2, 0.25) is 11.7 Å². The van der Waals surface area contributed by atoms with E-state index in [4.69, 9.17) is 32.8 Å². The molecule has 17 nitrogen and oxygen atoms in total. The maximum absolute atomic E-state index is 14.7. The third-order valence-electron chi connectivity index (χ3n) is 13.0. The van der Waals surface area contributed by atoms with Gasteiger partial charge in [-0.1, -0.05) is 93.7 Å². The molecule has 3 heterocycles. The van der Waals surface area contributed by atoms with Gasteiger partial charge < -0.3 is 73.7 Å². The molecule has 2 aliphatic heterocycles. The number of aliphatic hydroxyl groups is 6. The zero-order valence-corrected chi connectivity index (χ0v) is 42.2. The van der Waals surface area contributed by atoms with E-state index in [9.17, 15) is 50.4 Å². The number of aromatic hydroxyl groups is 2. The number of esters is 1. The lowest BCUT2D eigenvalue weighted by Crippen LogP contribution is -2.65. The Hall–Kier alpha value is -4.56. The number of hydrogen-bond acceptors (Lipinski definition) is 17. The van der Waals surface area contributed by atoms with Crippen LogP contribution in [0.15, 0.2) is 56.8 Å². The van der Waals surface area contributed by atoms with Gasteiger partial charge >= 0.3 is 5.97 Å². The Labute approximate surface area is 416 Å². The molecule has 8 N–H and O–H groups in total. The second-order valence-electron chi connectivity index (χ2n) is 19.2. The molecule has 0 saturated carbocycles. The highest BCUT2D eigenvalue weighted by Crippen LogP contribution is 2.42. The van der Waals surface area contributed by atoms with Crippen LogP contribution in [0.1, 0.15) is 136 Å². The van der Waals surface area contributed by atoms with Crippen LogP contribution in [-0.2, 0) is 36.6 Å². The minimum atomic E-state index is -1.96. The monoisotopic (exact) mass is 999 g/mol. The summed E-state index contributed by atoms with van der Waals surface area (Å²) in [6.45, 7) is 8.34. The van der Waals surface area contributed by atoms with Gasteiger partial charge in [0.15, 0.2) is 29.0 Å². The quantitative estimate of drug-likeness (QED) is 0.0166. The lowest BCUT2D eigenvalue weighted by molar-refractivity contribution is -0.352. The second kappa shape index (κ2) is 28.0. The number of allylic oxidation sites excluding steroid dienone is 6. The highest BCUT2D eigenvalue weighted by Gasteiger charge is 2.51. The minimum Gasteiger partial charge on any atom is -0.507 e. The SMILES string of the molecule is CCCCCCCC/C=C\CCCCCCCC(=O)OC[C@H]1O[C@@H](Oc2cc(O)c3oc4c(OC)cc(CC=C(C)C)c(O)c4c(=O)c3c2CC=C(C)C)[C@H](O)[C@@H](O)[C@@H]1O[C@@H]1O[C@H](CO)[C@@H](O)[C@H](O)[C@H]1O. The van der Waals surface area contributed by atoms with Gasteiger partial charge in [0.1, 0.15) is 72.3 Å². The van der Waals surface area contributed by atoms with Gasteiger partial charge in [-0.15, -0.1) is 0 Å². The standard InChI is InChI=1S/C54H78O17/c1-7-8-9-10-11-12-13-14-15-16-17-18-19-20-21-22-40(57)66-30-39-52(71-54-48(63)46(61)44(59)38(29-55)68-54)47(62)49(64)53(69-39)67-36-28-35(56)50-41(34(36)26-24-32(4)5)45(60)42-43(58)33(25-23-31(2)3)27-37(65-6)51(42)70-50/h14-15,23-24,27-28,38-39,44,46-49,52-56,58-59,61-64H,7-13,16-22,25-26,29-30H2,1-6H3/b15-14-/t38-,39-,44-,46+,47-,48-,49-,52-,53-,54+/m1/s1. The number of phenolic OH excluding ortho intramolecular Hbond substituents is 2. The van der Waals surface area contributed by atoms with E-state index >= 15 is 0 Å². The number of rotatable bonds is 27. The number of fused-ring (bicyclic) bond motifs is 2. The molecular weight excluding hydrogens is 921 g/mol. The van der Waals surface area contributed by atoms with Crippen molar-refractivity contribution in [2.45, 2.75) is 199 Å². The van der Waals surface area contributed by atoms with Crippen LogP contribution >= 0.6 is 0 Å². The molecule has 17 heteroatoms. The van der Waals surface area contributed by atoms with Crippen LogP contribution in [0.5, 0.6) is 23.0 Å². The second-order valence-corrected chi connectivity index (χ2v) is 19.2. The molecule has 3 aromatic rings. The number of carbonyl (C=O) groups is 1. The molecule has 0 bridgehead atoms. The topological polar surface area (TPSA) is 264 Å². The van der Waals surface area contributed by atoms with Gasteiger partial charge in [-0.3, -0.25) is 9.59 Å². The van der Waals surface area contributed by atoms with E-state index < -0.39 is 91.8 Å².